The van der Waals surface area contributed by atoms with E-state index < -0.39 is 0 Å². The van der Waals surface area contributed by atoms with E-state index in [4.69, 9.17) is 0 Å². The van der Waals surface area contributed by atoms with Crippen molar-refractivity contribution in [1.82, 2.24) is 9.88 Å². The summed E-state index contributed by atoms with van der Waals surface area (Å²) in [7, 11) is 2.00. The predicted molar refractivity (Wildman–Crippen MR) is 93.0 cm³/mol. The molecule has 0 atom stereocenters. The van der Waals surface area contributed by atoms with Crippen molar-refractivity contribution in [3.63, 3.8) is 0 Å². The van der Waals surface area contributed by atoms with E-state index in [2.05, 4.69) is 16.8 Å². The van der Waals surface area contributed by atoms with Gasteiger partial charge in [0.1, 0.15) is 5.69 Å². The molecule has 0 N–H and O–H groups in total. The summed E-state index contributed by atoms with van der Waals surface area (Å²) in [4.78, 5) is 20.9. The molecule has 0 unspecified atom stereocenters. The summed E-state index contributed by atoms with van der Waals surface area (Å²) in [5.74, 6) is 0.753. The summed E-state index contributed by atoms with van der Waals surface area (Å²) in [6, 6.07) is 13.9. The molecule has 2 heterocycles. The molecule has 4 nitrogen and oxygen atoms in total. The van der Waals surface area contributed by atoms with E-state index in [1.54, 1.807) is 6.20 Å². The van der Waals surface area contributed by atoms with Crippen LogP contribution in [-0.4, -0.2) is 35.9 Å². The van der Waals surface area contributed by atoms with Crippen LogP contribution in [0.3, 0.4) is 0 Å². The molecule has 1 aromatic carbocycles. The second-order valence-corrected chi connectivity index (χ2v) is 6.27. The van der Waals surface area contributed by atoms with E-state index in [1.165, 1.54) is 0 Å². The van der Waals surface area contributed by atoms with Gasteiger partial charge in [0.15, 0.2) is 0 Å². The van der Waals surface area contributed by atoms with Gasteiger partial charge in [-0.3, -0.25) is 9.78 Å². The molecule has 0 radical (unpaired) electrons. The number of nitrogens with zero attached hydrogens (tertiary/aromatic N) is 3. The molecule has 1 saturated heterocycles. The van der Waals surface area contributed by atoms with Gasteiger partial charge in [0.2, 0.25) is 0 Å². The Morgan fingerprint density at radius 2 is 1.83 bits per heavy atom. The highest BCUT2D eigenvalue weighted by Crippen LogP contribution is 2.24. The summed E-state index contributed by atoms with van der Waals surface area (Å²) >= 11 is 0. The average molecular weight is 309 g/mol. The van der Waals surface area contributed by atoms with Gasteiger partial charge < -0.3 is 9.80 Å². The fourth-order valence-electron chi connectivity index (χ4n) is 2.92. The normalized spacial score (nSPS) is 15.5. The van der Waals surface area contributed by atoms with Gasteiger partial charge in [-0.15, -0.1) is 0 Å². The van der Waals surface area contributed by atoms with Crippen LogP contribution >= 0.6 is 0 Å². The van der Waals surface area contributed by atoms with Crippen LogP contribution in [-0.2, 0) is 0 Å². The molecule has 23 heavy (non-hydrogen) atoms. The van der Waals surface area contributed by atoms with Gasteiger partial charge in [0, 0.05) is 37.7 Å². The molecule has 4 heteroatoms. The van der Waals surface area contributed by atoms with Gasteiger partial charge in [-0.2, -0.15) is 0 Å². The molecule has 3 rings (SSSR count). The lowest BCUT2D eigenvalue weighted by molar-refractivity contribution is 0.0691. The number of hydrogen-bond acceptors (Lipinski definition) is 3. The highest BCUT2D eigenvalue weighted by atomic mass is 16.2. The Morgan fingerprint density at radius 3 is 2.52 bits per heavy atom. The molecular weight excluding hydrogens is 286 g/mol. The molecule has 0 saturated carbocycles. The Kier molecular flexibility index (Phi) is 4.60. The van der Waals surface area contributed by atoms with Crippen LogP contribution < -0.4 is 4.90 Å². The molecule has 0 spiro atoms. The summed E-state index contributed by atoms with van der Waals surface area (Å²) in [6.45, 7) is 3.91. The largest absolute Gasteiger partial charge is 0.345 e. The summed E-state index contributed by atoms with van der Waals surface area (Å²) in [5.41, 5.74) is 2.59. The first-order valence-corrected chi connectivity index (χ1v) is 8.19. The number of piperidine rings is 1. The van der Waals surface area contributed by atoms with E-state index in [0.717, 1.165) is 37.3 Å². The zero-order valence-corrected chi connectivity index (χ0v) is 13.8. The lowest BCUT2D eigenvalue weighted by Crippen LogP contribution is -2.38. The topological polar surface area (TPSA) is 36.4 Å². The summed E-state index contributed by atoms with van der Waals surface area (Å²) in [6.07, 6.45) is 3.87. The van der Waals surface area contributed by atoms with Crippen molar-refractivity contribution in [2.45, 2.75) is 19.8 Å². The zero-order chi connectivity index (χ0) is 16.2. The molecule has 0 aliphatic carbocycles. The van der Waals surface area contributed by atoms with Crippen LogP contribution in [0.1, 0.15) is 30.3 Å². The monoisotopic (exact) mass is 309 g/mol. The maximum absolute atomic E-state index is 12.7. The summed E-state index contributed by atoms with van der Waals surface area (Å²) < 4.78 is 0. The molecule has 1 aromatic heterocycles. The van der Waals surface area contributed by atoms with Crippen LogP contribution in [0.5, 0.6) is 0 Å². The van der Waals surface area contributed by atoms with Crippen molar-refractivity contribution in [2.75, 3.05) is 25.0 Å². The third kappa shape index (κ3) is 3.52. The van der Waals surface area contributed by atoms with Crippen molar-refractivity contribution in [2.24, 2.45) is 5.92 Å². The molecule has 1 aliphatic heterocycles. The van der Waals surface area contributed by atoms with Crippen molar-refractivity contribution >= 4 is 17.3 Å². The van der Waals surface area contributed by atoms with Crippen LogP contribution in [0.2, 0.25) is 0 Å². The number of benzene rings is 1. The molecule has 2 aromatic rings. The number of anilines is 2. The Balaban J connectivity index is 1.78. The fourth-order valence-corrected chi connectivity index (χ4v) is 2.92. The van der Waals surface area contributed by atoms with E-state index in [1.807, 2.05) is 54.4 Å². The number of para-hydroxylation sites is 1. The van der Waals surface area contributed by atoms with Gasteiger partial charge in [0.05, 0.1) is 0 Å². The average Bonchev–Trinajstić information content (AvgIpc) is 2.62. The molecule has 120 valence electrons. The van der Waals surface area contributed by atoms with E-state index in [0.29, 0.717) is 11.6 Å². The van der Waals surface area contributed by atoms with Crippen molar-refractivity contribution in [1.29, 1.82) is 0 Å². The van der Waals surface area contributed by atoms with Crippen LogP contribution in [0.25, 0.3) is 0 Å². The van der Waals surface area contributed by atoms with E-state index >= 15 is 0 Å². The first-order valence-electron chi connectivity index (χ1n) is 8.19. The number of aromatic nitrogens is 1. The van der Waals surface area contributed by atoms with Gasteiger partial charge in [0.25, 0.3) is 5.91 Å². The van der Waals surface area contributed by atoms with Crippen molar-refractivity contribution in [3.05, 3.63) is 54.4 Å². The maximum Gasteiger partial charge on any atom is 0.272 e. The van der Waals surface area contributed by atoms with Crippen LogP contribution in [0.15, 0.2) is 48.7 Å². The number of likely N-dealkylation sites (tertiary alicyclic amines) is 1. The Morgan fingerprint density at radius 1 is 1.13 bits per heavy atom. The Bertz CT molecular complexity index is 663. The Hall–Kier alpha value is -2.36. The smallest absolute Gasteiger partial charge is 0.272 e. The van der Waals surface area contributed by atoms with Crippen LogP contribution in [0.4, 0.5) is 11.4 Å². The zero-order valence-electron chi connectivity index (χ0n) is 13.8. The van der Waals surface area contributed by atoms with E-state index in [-0.39, 0.29) is 5.91 Å². The summed E-state index contributed by atoms with van der Waals surface area (Å²) in [5, 5.41) is 0. The predicted octanol–water partition coefficient (Wildman–Crippen LogP) is 3.72. The minimum atomic E-state index is 0.0419. The van der Waals surface area contributed by atoms with Gasteiger partial charge in [-0.05, 0) is 43.0 Å². The molecular formula is C19H23N3O. The number of carbonyl (C=O) groups is 1. The number of rotatable bonds is 3. The minimum absolute atomic E-state index is 0.0419. The number of carbonyl (C=O) groups excluding carboxylic acids is 1. The quantitative estimate of drug-likeness (QED) is 0.867. The van der Waals surface area contributed by atoms with E-state index in [9.17, 15) is 4.79 Å². The second-order valence-electron chi connectivity index (χ2n) is 6.27. The first-order chi connectivity index (χ1) is 11.1. The lowest BCUT2D eigenvalue weighted by atomic mass is 9.99. The van der Waals surface area contributed by atoms with Gasteiger partial charge in [-0.1, -0.05) is 25.1 Å². The first kappa shape index (κ1) is 15.5. The second kappa shape index (κ2) is 6.82. The van der Waals surface area contributed by atoms with Crippen LogP contribution in [0, 0.1) is 5.92 Å². The number of hydrogen-bond donors (Lipinski definition) is 0. The minimum Gasteiger partial charge on any atom is -0.345 e. The standard InChI is InChI=1S/C19H23N3O/c1-15-9-12-22(13-10-15)19(23)18-14-17(8-11-20-18)21(2)16-6-4-3-5-7-16/h3-8,11,14-15H,9-10,12-13H2,1-2H3. The fraction of sp³-hybridized carbons (Fsp3) is 0.368. The highest BCUT2D eigenvalue weighted by Gasteiger charge is 2.22. The number of amides is 1. The molecule has 1 amide bonds. The van der Waals surface area contributed by atoms with Crippen molar-refractivity contribution in [3.8, 4) is 0 Å². The maximum atomic E-state index is 12.7. The van der Waals surface area contributed by atoms with Gasteiger partial charge in [-0.25, -0.2) is 0 Å². The molecule has 0 bridgehead atoms. The Labute approximate surface area is 137 Å². The van der Waals surface area contributed by atoms with Crippen molar-refractivity contribution < 1.29 is 4.79 Å². The molecule has 1 fully saturated rings. The lowest BCUT2D eigenvalue weighted by Gasteiger charge is -2.30. The molecule has 1 aliphatic rings. The third-order valence-corrected chi connectivity index (χ3v) is 4.56. The number of pyridine rings is 1. The third-order valence-electron chi connectivity index (χ3n) is 4.56. The van der Waals surface area contributed by atoms with Gasteiger partial charge >= 0.3 is 0 Å². The highest BCUT2D eigenvalue weighted by molar-refractivity contribution is 5.93. The SMILES string of the molecule is CC1CCN(C(=O)c2cc(N(C)c3ccccc3)ccn2)CC1.